The van der Waals surface area contributed by atoms with Crippen molar-refractivity contribution < 1.29 is 23.8 Å². The van der Waals surface area contributed by atoms with Crippen molar-refractivity contribution in [2.75, 3.05) is 14.2 Å². The average molecular weight is 250 g/mol. The Bertz CT molecular complexity index is 579. The van der Waals surface area contributed by atoms with Crippen LogP contribution in [0.5, 0.6) is 11.5 Å². The van der Waals surface area contributed by atoms with Gasteiger partial charge < -0.3 is 19.0 Å². The van der Waals surface area contributed by atoms with E-state index in [4.69, 9.17) is 19.0 Å². The number of carbonyl (C=O) groups is 1. The van der Waals surface area contributed by atoms with Gasteiger partial charge in [-0.3, -0.25) is 0 Å². The highest BCUT2D eigenvalue weighted by atomic mass is 16.5. The fourth-order valence-electron chi connectivity index (χ4n) is 1.47. The number of aromatic carboxylic acids is 1. The van der Waals surface area contributed by atoms with Crippen LogP contribution >= 0.6 is 0 Å². The molecule has 0 aliphatic rings. The van der Waals surface area contributed by atoms with Crippen molar-refractivity contribution >= 4 is 5.97 Å². The van der Waals surface area contributed by atoms with Gasteiger partial charge in [0, 0.05) is 0 Å². The van der Waals surface area contributed by atoms with Crippen molar-refractivity contribution in [3.05, 3.63) is 24.1 Å². The van der Waals surface area contributed by atoms with E-state index in [-0.39, 0.29) is 5.89 Å². The van der Waals surface area contributed by atoms with Crippen molar-refractivity contribution in [3.8, 4) is 23.0 Å². The smallest absolute Gasteiger partial charge is 0.393 e. The highest BCUT2D eigenvalue weighted by molar-refractivity contribution is 5.82. The first kappa shape index (κ1) is 11.9. The Hall–Kier alpha value is -2.57. The van der Waals surface area contributed by atoms with Crippen LogP contribution in [0.3, 0.4) is 0 Å². The second-order valence-electron chi connectivity index (χ2n) is 3.26. The van der Waals surface area contributed by atoms with E-state index in [0.717, 1.165) is 0 Å². The van der Waals surface area contributed by atoms with E-state index in [2.05, 4.69) is 10.2 Å². The van der Waals surface area contributed by atoms with Crippen LogP contribution in [0.25, 0.3) is 11.5 Å². The maximum atomic E-state index is 10.7. The normalized spacial score (nSPS) is 10.1. The third-order valence-corrected chi connectivity index (χ3v) is 2.24. The third-order valence-electron chi connectivity index (χ3n) is 2.24. The molecule has 0 aliphatic carbocycles. The summed E-state index contributed by atoms with van der Waals surface area (Å²) in [7, 11) is 2.97. The van der Waals surface area contributed by atoms with E-state index in [1.165, 1.54) is 14.2 Å². The van der Waals surface area contributed by atoms with Crippen molar-refractivity contribution in [1.82, 2.24) is 10.2 Å². The summed E-state index contributed by atoms with van der Waals surface area (Å²) in [5.41, 5.74) is 0.469. The van der Waals surface area contributed by atoms with E-state index in [0.29, 0.717) is 17.1 Å². The van der Waals surface area contributed by atoms with Crippen LogP contribution in [0.2, 0.25) is 0 Å². The molecule has 1 heterocycles. The number of carboxylic acids is 1. The van der Waals surface area contributed by atoms with Gasteiger partial charge in [0.15, 0.2) is 11.5 Å². The SMILES string of the molecule is COc1cccc(-c2nnc(C(=O)O)o2)c1OC. The minimum absolute atomic E-state index is 0.0585. The summed E-state index contributed by atoms with van der Waals surface area (Å²) in [4.78, 5) is 10.7. The topological polar surface area (TPSA) is 94.7 Å². The summed E-state index contributed by atoms with van der Waals surface area (Å²) in [6, 6.07) is 5.08. The molecule has 1 aromatic heterocycles. The van der Waals surface area contributed by atoms with Crippen LogP contribution in [0.4, 0.5) is 0 Å². The van der Waals surface area contributed by atoms with Crippen LogP contribution < -0.4 is 9.47 Å². The van der Waals surface area contributed by atoms with E-state index in [1.54, 1.807) is 18.2 Å². The molecule has 1 N–H and O–H groups in total. The van der Waals surface area contributed by atoms with Gasteiger partial charge in [0.2, 0.25) is 0 Å². The second kappa shape index (κ2) is 4.74. The summed E-state index contributed by atoms with van der Waals surface area (Å²) in [5.74, 6) is -0.806. The molecule has 0 amide bonds. The molecular weight excluding hydrogens is 240 g/mol. The number of benzene rings is 1. The summed E-state index contributed by atoms with van der Waals surface area (Å²) in [5, 5.41) is 15.8. The molecule has 7 nitrogen and oxygen atoms in total. The predicted octanol–water partition coefficient (Wildman–Crippen LogP) is 1.45. The van der Waals surface area contributed by atoms with Gasteiger partial charge in [-0.2, -0.15) is 0 Å². The molecule has 0 saturated carbocycles. The monoisotopic (exact) mass is 250 g/mol. The number of carboxylic acid groups (broad SMARTS) is 1. The molecule has 2 aromatic rings. The highest BCUT2D eigenvalue weighted by Gasteiger charge is 2.19. The van der Waals surface area contributed by atoms with Crippen LogP contribution in [-0.2, 0) is 0 Å². The Morgan fingerprint density at radius 1 is 1.28 bits per heavy atom. The summed E-state index contributed by atoms with van der Waals surface area (Å²) < 4.78 is 15.3. The third kappa shape index (κ3) is 1.97. The number of hydrogen-bond donors (Lipinski definition) is 1. The number of aromatic nitrogens is 2. The molecule has 0 unspecified atom stereocenters. The number of para-hydroxylation sites is 1. The van der Waals surface area contributed by atoms with Crippen molar-refractivity contribution in [1.29, 1.82) is 0 Å². The van der Waals surface area contributed by atoms with Crippen LogP contribution in [0.1, 0.15) is 10.7 Å². The number of rotatable bonds is 4. The van der Waals surface area contributed by atoms with Crippen molar-refractivity contribution in [2.45, 2.75) is 0 Å². The van der Waals surface area contributed by atoms with Gasteiger partial charge in [0.1, 0.15) is 0 Å². The van der Waals surface area contributed by atoms with Gasteiger partial charge in [0.25, 0.3) is 5.89 Å². The Morgan fingerprint density at radius 3 is 2.61 bits per heavy atom. The van der Waals surface area contributed by atoms with Crippen LogP contribution in [0, 0.1) is 0 Å². The molecule has 2 rings (SSSR count). The molecule has 94 valence electrons. The minimum atomic E-state index is -1.28. The molecule has 0 radical (unpaired) electrons. The molecule has 7 heteroatoms. The number of methoxy groups -OCH3 is 2. The standard InChI is InChI=1S/C11H10N2O5/c1-16-7-5-3-4-6(8(7)17-2)9-12-13-10(18-9)11(14)15/h3-5H,1-2H3,(H,14,15). The molecule has 0 atom stereocenters. The quantitative estimate of drug-likeness (QED) is 0.877. The summed E-state index contributed by atoms with van der Waals surface area (Å²) in [6.07, 6.45) is 0. The lowest BCUT2D eigenvalue weighted by molar-refractivity contribution is 0.0654. The van der Waals surface area contributed by atoms with E-state index >= 15 is 0 Å². The predicted molar refractivity (Wildman–Crippen MR) is 59.8 cm³/mol. The lowest BCUT2D eigenvalue weighted by atomic mass is 10.2. The minimum Gasteiger partial charge on any atom is -0.493 e. The molecule has 0 aliphatic heterocycles. The van der Waals surface area contributed by atoms with Gasteiger partial charge in [-0.05, 0) is 12.1 Å². The second-order valence-corrected chi connectivity index (χ2v) is 3.26. The zero-order valence-electron chi connectivity index (χ0n) is 9.71. The van der Waals surface area contributed by atoms with Gasteiger partial charge in [-0.1, -0.05) is 6.07 Å². The first-order valence-corrected chi connectivity index (χ1v) is 4.95. The molecule has 0 fully saturated rings. The fraction of sp³-hybridized carbons (Fsp3) is 0.182. The maximum absolute atomic E-state index is 10.7. The molecule has 0 saturated heterocycles. The Kier molecular flexibility index (Phi) is 3.13. The molecular formula is C11H10N2O5. The summed E-state index contributed by atoms with van der Waals surface area (Å²) in [6.45, 7) is 0. The van der Waals surface area contributed by atoms with Crippen molar-refractivity contribution in [2.24, 2.45) is 0 Å². The fourth-order valence-corrected chi connectivity index (χ4v) is 1.47. The summed E-state index contributed by atoms with van der Waals surface area (Å²) >= 11 is 0. The van der Waals surface area contributed by atoms with Crippen LogP contribution in [-0.4, -0.2) is 35.5 Å². The van der Waals surface area contributed by atoms with Crippen molar-refractivity contribution in [3.63, 3.8) is 0 Å². The lowest BCUT2D eigenvalue weighted by Crippen LogP contribution is -1.95. The molecule has 0 bridgehead atoms. The number of ether oxygens (including phenoxy) is 2. The zero-order chi connectivity index (χ0) is 13.1. The number of nitrogens with zero attached hydrogens (tertiary/aromatic N) is 2. The first-order chi connectivity index (χ1) is 8.67. The molecule has 0 spiro atoms. The van der Waals surface area contributed by atoms with E-state index in [9.17, 15) is 4.79 Å². The van der Waals surface area contributed by atoms with E-state index in [1.807, 2.05) is 0 Å². The Balaban J connectivity index is 2.52. The van der Waals surface area contributed by atoms with Gasteiger partial charge in [-0.15, -0.1) is 10.2 Å². The Morgan fingerprint density at radius 2 is 2.06 bits per heavy atom. The maximum Gasteiger partial charge on any atom is 0.393 e. The lowest BCUT2D eigenvalue weighted by Gasteiger charge is -2.09. The molecule has 18 heavy (non-hydrogen) atoms. The van der Waals surface area contributed by atoms with Gasteiger partial charge >= 0.3 is 11.9 Å². The zero-order valence-corrected chi connectivity index (χ0v) is 9.71. The number of hydrogen-bond acceptors (Lipinski definition) is 6. The molecule has 1 aromatic carbocycles. The van der Waals surface area contributed by atoms with Gasteiger partial charge in [0.05, 0.1) is 19.8 Å². The first-order valence-electron chi connectivity index (χ1n) is 4.95. The van der Waals surface area contributed by atoms with E-state index < -0.39 is 11.9 Å². The van der Waals surface area contributed by atoms with Gasteiger partial charge in [-0.25, -0.2) is 4.79 Å². The highest BCUT2D eigenvalue weighted by Crippen LogP contribution is 2.36. The Labute approximate surface area is 102 Å². The average Bonchev–Trinajstić information content (AvgIpc) is 2.87. The van der Waals surface area contributed by atoms with Crippen LogP contribution in [0.15, 0.2) is 22.6 Å². The largest absolute Gasteiger partial charge is 0.493 e.